The Hall–Kier alpha value is -3.75. The van der Waals surface area contributed by atoms with Crippen molar-refractivity contribution < 1.29 is 9.21 Å². The third-order valence-electron chi connectivity index (χ3n) is 5.66. The normalized spacial score (nSPS) is 11.3. The van der Waals surface area contributed by atoms with Gasteiger partial charge < -0.3 is 15.1 Å². The number of nitrogens with zero attached hydrogens (tertiary/aromatic N) is 5. The number of hydrogen-bond acceptors (Lipinski definition) is 7. The van der Waals surface area contributed by atoms with E-state index in [0.717, 1.165) is 40.7 Å². The molecule has 3 aromatic heterocycles. The molecular formula is C23H27N7O2. The largest absolute Gasteiger partial charge is 0.421 e. The van der Waals surface area contributed by atoms with E-state index in [2.05, 4.69) is 44.8 Å². The molecule has 0 saturated heterocycles. The Kier molecular flexibility index (Phi) is 5.89. The zero-order chi connectivity index (χ0) is 22.8. The van der Waals surface area contributed by atoms with Crippen molar-refractivity contribution in [3.63, 3.8) is 0 Å². The summed E-state index contributed by atoms with van der Waals surface area (Å²) in [5.74, 6) is 1.48. The van der Waals surface area contributed by atoms with Crippen molar-refractivity contribution in [2.75, 3.05) is 5.32 Å². The number of carbonyl (C=O) groups is 1. The van der Waals surface area contributed by atoms with Crippen molar-refractivity contribution in [2.45, 2.75) is 53.5 Å². The van der Waals surface area contributed by atoms with E-state index in [4.69, 9.17) is 4.42 Å². The van der Waals surface area contributed by atoms with Crippen LogP contribution in [0.5, 0.6) is 0 Å². The summed E-state index contributed by atoms with van der Waals surface area (Å²) in [6, 6.07) is 6.01. The van der Waals surface area contributed by atoms with Gasteiger partial charge in [0.25, 0.3) is 5.91 Å². The molecule has 0 unspecified atom stereocenters. The minimum atomic E-state index is -0.0995. The molecule has 0 atom stereocenters. The first-order valence-electron chi connectivity index (χ1n) is 10.7. The number of nitrogens with one attached hydrogen (secondary N) is 2. The molecule has 0 spiro atoms. The number of carbonyl (C=O) groups excluding carboxylic acids is 1. The topological polar surface area (TPSA) is 110 Å². The summed E-state index contributed by atoms with van der Waals surface area (Å²) in [6.07, 6.45) is 4.99. The van der Waals surface area contributed by atoms with Crippen molar-refractivity contribution in [3.8, 4) is 11.5 Å². The molecule has 0 aliphatic heterocycles. The Labute approximate surface area is 186 Å². The number of aromatic nitrogens is 5. The number of aryl methyl sites for hydroxylation is 3. The van der Waals surface area contributed by atoms with Crippen LogP contribution >= 0.6 is 0 Å². The molecule has 4 rings (SSSR count). The standard InChI is InChI=1S/C23H27N7O2/c1-6-17(7-2)26-22(31)18-11-30-20(14(18)4)21(24-12-25-30)27-19-10-16(9-8-13(19)3)23-29-28-15(5)32-23/h8-12,17H,6-7H2,1-5H3,(H,26,31)(H,24,25,27). The molecule has 1 aromatic carbocycles. The molecule has 9 heteroatoms. The van der Waals surface area contributed by atoms with Gasteiger partial charge >= 0.3 is 0 Å². The maximum Gasteiger partial charge on any atom is 0.253 e. The van der Waals surface area contributed by atoms with Crippen LogP contribution in [0.3, 0.4) is 0 Å². The van der Waals surface area contributed by atoms with Crippen LogP contribution in [0, 0.1) is 20.8 Å². The minimum absolute atomic E-state index is 0.0995. The highest BCUT2D eigenvalue weighted by Crippen LogP contribution is 2.30. The van der Waals surface area contributed by atoms with Gasteiger partial charge in [-0.15, -0.1) is 10.2 Å². The van der Waals surface area contributed by atoms with E-state index in [-0.39, 0.29) is 11.9 Å². The van der Waals surface area contributed by atoms with Crippen LogP contribution in [-0.2, 0) is 0 Å². The zero-order valence-corrected chi connectivity index (χ0v) is 18.9. The van der Waals surface area contributed by atoms with Crippen LogP contribution in [0.1, 0.15) is 54.1 Å². The highest BCUT2D eigenvalue weighted by molar-refractivity contribution is 5.99. The van der Waals surface area contributed by atoms with E-state index in [1.54, 1.807) is 17.6 Å². The van der Waals surface area contributed by atoms with Crippen LogP contribution in [0.15, 0.2) is 35.1 Å². The molecule has 0 bridgehead atoms. The van der Waals surface area contributed by atoms with Gasteiger partial charge in [0.2, 0.25) is 11.8 Å². The monoisotopic (exact) mass is 433 g/mol. The summed E-state index contributed by atoms with van der Waals surface area (Å²) >= 11 is 0. The molecule has 3 heterocycles. The predicted molar refractivity (Wildman–Crippen MR) is 122 cm³/mol. The predicted octanol–water partition coefficient (Wildman–Crippen LogP) is 4.37. The fourth-order valence-corrected chi connectivity index (χ4v) is 3.67. The maximum absolute atomic E-state index is 12.9. The first-order chi connectivity index (χ1) is 15.4. The Morgan fingerprint density at radius 3 is 2.62 bits per heavy atom. The van der Waals surface area contributed by atoms with E-state index in [0.29, 0.717) is 23.2 Å². The number of benzene rings is 1. The Morgan fingerprint density at radius 1 is 1.16 bits per heavy atom. The summed E-state index contributed by atoms with van der Waals surface area (Å²) in [7, 11) is 0. The molecule has 1 amide bonds. The molecule has 0 saturated carbocycles. The Bertz CT molecular complexity index is 1270. The average Bonchev–Trinajstić information content (AvgIpc) is 3.37. The third kappa shape index (κ3) is 4.05. The van der Waals surface area contributed by atoms with Crippen molar-refractivity contribution in [2.24, 2.45) is 0 Å². The first-order valence-corrected chi connectivity index (χ1v) is 10.7. The number of amides is 1. The van der Waals surface area contributed by atoms with E-state index in [1.165, 1.54) is 6.33 Å². The Balaban J connectivity index is 1.70. The second-order valence-electron chi connectivity index (χ2n) is 7.84. The lowest BCUT2D eigenvalue weighted by atomic mass is 10.1. The third-order valence-corrected chi connectivity index (χ3v) is 5.66. The lowest BCUT2D eigenvalue weighted by Crippen LogP contribution is -2.33. The molecule has 0 aliphatic rings. The summed E-state index contributed by atoms with van der Waals surface area (Å²) in [5, 5.41) is 18.8. The van der Waals surface area contributed by atoms with Crippen LogP contribution in [0.4, 0.5) is 11.5 Å². The highest BCUT2D eigenvalue weighted by Gasteiger charge is 2.20. The van der Waals surface area contributed by atoms with Gasteiger partial charge in [-0.05, 0) is 49.9 Å². The van der Waals surface area contributed by atoms with Gasteiger partial charge in [-0.2, -0.15) is 5.10 Å². The lowest BCUT2D eigenvalue weighted by Gasteiger charge is -2.14. The van der Waals surface area contributed by atoms with Gasteiger partial charge in [-0.1, -0.05) is 19.9 Å². The van der Waals surface area contributed by atoms with E-state index in [9.17, 15) is 4.79 Å². The molecule has 4 aromatic rings. The van der Waals surface area contributed by atoms with E-state index >= 15 is 0 Å². The number of hydrogen-bond donors (Lipinski definition) is 2. The van der Waals surface area contributed by atoms with Gasteiger partial charge in [0.15, 0.2) is 5.82 Å². The lowest BCUT2D eigenvalue weighted by molar-refractivity contribution is 0.0934. The van der Waals surface area contributed by atoms with Crippen molar-refractivity contribution in [3.05, 3.63) is 53.3 Å². The molecule has 0 aliphatic carbocycles. The molecule has 2 N–H and O–H groups in total. The van der Waals surface area contributed by atoms with Gasteiger partial charge in [0.1, 0.15) is 11.8 Å². The van der Waals surface area contributed by atoms with Gasteiger partial charge in [-0.3, -0.25) is 4.79 Å². The molecule has 0 fully saturated rings. The molecule has 9 nitrogen and oxygen atoms in total. The van der Waals surface area contributed by atoms with Crippen LogP contribution in [0.2, 0.25) is 0 Å². The maximum atomic E-state index is 12.9. The van der Waals surface area contributed by atoms with E-state index < -0.39 is 0 Å². The van der Waals surface area contributed by atoms with Gasteiger partial charge in [-0.25, -0.2) is 9.50 Å². The minimum Gasteiger partial charge on any atom is -0.421 e. The van der Waals surface area contributed by atoms with Crippen molar-refractivity contribution in [1.29, 1.82) is 0 Å². The zero-order valence-electron chi connectivity index (χ0n) is 18.9. The summed E-state index contributed by atoms with van der Waals surface area (Å²) in [4.78, 5) is 17.3. The van der Waals surface area contributed by atoms with Crippen molar-refractivity contribution >= 4 is 22.9 Å². The summed E-state index contributed by atoms with van der Waals surface area (Å²) in [5.41, 5.74) is 4.84. The van der Waals surface area contributed by atoms with Crippen molar-refractivity contribution in [1.82, 2.24) is 30.1 Å². The molecule has 32 heavy (non-hydrogen) atoms. The fourth-order valence-electron chi connectivity index (χ4n) is 3.67. The van der Waals surface area contributed by atoms with Crippen LogP contribution < -0.4 is 10.6 Å². The smallest absolute Gasteiger partial charge is 0.253 e. The van der Waals surface area contributed by atoms with Gasteiger partial charge in [0, 0.05) is 30.4 Å². The number of anilines is 2. The quantitative estimate of drug-likeness (QED) is 0.445. The summed E-state index contributed by atoms with van der Waals surface area (Å²) in [6.45, 7) is 9.81. The average molecular weight is 434 g/mol. The van der Waals surface area contributed by atoms with E-state index in [1.807, 2.05) is 32.0 Å². The highest BCUT2D eigenvalue weighted by atomic mass is 16.4. The number of fused-ring (bicyclic) bond motifs is 1. The Morgan fingerprint density at radius 2 is 1.94 bits per heavy atom. The van der Waals surface area contributed by atoms with Crippen LogP contribution in [0.25, 0.3) is 17.0 Å². The SMILES string of the molecule is CCC(CC)NC(=O)c1cn2ncnc(Nc3cc(-c4nnc(C)o4)ccc3C)c2c1C. The second kappa shape index (κ2) is 8.78. The molecule has 166 valence electrons. The molecular weight excluding hydrogens is 406 g/mol. The van der Waals surface area contributed by atoms with Crippen LogP contribution in [-0.4, -0.2) is 36.7 Å². The second-order valence-corrected chi connectivity index (χ2v) is 7.84. The van der Waals surface area contributed by atoms with Gasteiger partial charge in [0.05, 0.1) is 5.56 Å². The summed E-state index contributed by atoms with van der Waals surface area (Å²) < 4.78 is 7.25. The number of rotatable bonds is 7. The fraction of sp³-hybridized carbons (Fsp3) is 0.348. The first kappa shape index (κ1) is 21.5. The molecule has 0 radical (unpaired) electrons.